The van der Waals surface area contributed by atoms with Gasteiger partial charge in [0.05, 0.1) is 20.1 Å². The normalized spacial score (nSPS) is 10.0. The number of rotatable bonds is 6. The predicted octanol–water partition coefficient (Wildman–Crippen LogP) is -0.383. The number of nitrogens with zero attached hydrogens (tertiary/aromatic N) is 1. The molecule has 0 aliphatic rings. The molecule has 0 heterocycles. The van der Waals surface area contributed by atoms with Gasteiger partial charge in [-0.2, -0.15) is 0 Å². The van der Waals surface area contributed by atoms with Crippen LogP contribution in [0.3, 0.4) is 0 Å². The highest BCUT2D eigenvalue weighted by Gasteiger charge is 2.09. The summed E-state index contributed by atoms with van der Waals surface area (Å²) in [6.07, 6.45) is 0.321. The number of esters is 1. The number of carbonyl (C=O) groups is 2. The van der Waals surface area contributed by atoms with Gasteiger partial charge in [0.1, 0.15) is 0 Å². The van der Waals surface area contributed by atoms with Crippen molar-refractivity contribution in [1.82, 2.24) is 10.2 Å². The third kappa shape index (κ3) is 5.53. The van der Waals surface area contributed by atoms with Crippen molar-refractivity contribution in [3.05, 3.63) is 0 Å². The van der Waals surface area contributed by atoms with Crippen molar-refractivity contribution in [2.75, 3.05) is 33.8 Å². The molecule has 0 fully saturated rings. The van der Waals surface area contributed by atoms with Crippen molar-refractivity contribution in [2.45, 2.75) is 13.3 Å². The van der Waals surface area contributed by atoms with Gasteiger partial charge in [0.25, 0.3) is 0 Å². The number of nitrogens with one attached hydrogen (secondary N) is 1. The Balaban J connectivity index is 3.79. The topological polar surface area (TPSA) is 58.6 Å². The highest BCUT2D eigenvalue weighted by Crippen LogP contribution is 1.92. The molecule has 1 N–H and O–H groups in total. The minimum Gasteiger partial charge on any atom is -0.469 e. The summed E-state index contributed by atoms with van der Waals surface area (Å²) in [6.45, 7) is 3.56. The SMILES string of the molecule is CCN(CCC(=O)OC)CC(=O)NC. The lowest BCUT2D eigenvalue weighted by molar-refractivity contribution is -0.141. The summed E-state index contributed by atoms with van der Waals surface area (Å²) >= 11 is 0. The van der Waals surface area contributed by atoms with E-state index < -0.39 is 0 Å². The number of ether oxygens (including phenoxy) is 1. The Hall–Kier alpha value is -1.10. The largest absolute Gasteiger partial charge is 0.469 e. The third-order valence-corrected chi connectivity index (χ3v) is 1.95. The molecular weight excluding hydrogens is 184 g/mol. The second-order valence-corrected chi connectivity index (χ2v) is 2.87. The van der Waals surface area contributed by atoms with E-state index in [0.29, 0.717) is 19.5 Å². The molecule has 0 aliphatic heterocycles. The summed E-state index contributed by atoms with van der Waals surface area (Å²) in [7, 11) is 2.95. The molecule has 0 unspecified atom stereocenters. The van der Waals surface area contributed by atoms with E-state index >= 15 is 0 Å². The molecule has 0 saturated heterocycles. The molecule has 0 radical (unpaired) electrons. The summed E-state index contributed by atoms with van der Waals surface area (Å²) in [5.74, 6) is -0.294. The highest BCUT2D eigenvalue weighted by atomic mass is 16.5. The Kier molecular flexibility index (Phi) is 6.74. The molecule has 14 heavy (non-hydrogen) atoms. The Morgan fingerprint density at radius 1 is 1.43 bits per heavy atom. The quantitative estimate of drug-likeness (QED) is 0.596. The predicted molar refractivity (Wildman–Crippen MR) is 52.8 cm³/mol. The first kappa shape index (κ1) is 12.9. The first-order chi connectivity index (χ1) is 6.63. The van der Waals surface area contributed by atoms with Gasteiger partial charge in [-0.25, -0.2) is 0 Å². The zero-order chi connectivity index (χ0) is 11.0. The zero-order valence-corrected chi connectivity index (χ0v) is 9.00. The lowest BCUT2D eigenvalue weighted by Crippen LogP contribution is -2.36. The van der Waals surface area contributed by atoms with Crippen LogP contribution in [0.1, 0.15) is 13.3 Å². The molecule has 0 aromatic carbocycles. The molecule has 0 atom stereocenters. The van der Waals surface area contributed by atoms with E-state index in [0.717, 1.165) is 6.54 Å². The van der Waals surface area contributed by atoms with Crippen molar-refractivity contribution in [1.29, 1.82) is 0 Å². The molecule has 0 bridgehead atoms. The van der Waals surface area contributed by atoms with Crippen molar-refractivity contribution in [3.63, 3.8) is 0 Å². The van der Waals surface area contributed by atoms with Crippen LogP contribution in [0.2, 0.25) is 0 Å². The number of hydrogen-bond acceptors (Lipinski definition) is 4. The van der Waals surface area contributed by atoms with Gasteiger partial charge in [0.15, 0.2) is 0 Å². The number of likely N-dealkylation sites (N-methyl/N-ethyl adjacent to an activating group) is 2. The monoisotopic (exact) mass is 202 g/mol. The van der Waals surface area contributed by atoms with Crippen LogP contribution in [0.4, 0.5) is 0 Å². The fourth-order valence-electron chi connectivity index (χ4n) is 0.983. The number of hydrogen-bond donors (Lipinski definition) is 1. The van der Waals surface area contributed by atoms with Gasteiger partial charge in [0, 0.05) is 13.6 Å². The highest BCUT2D eigenvalue weighted by molar-refractivity contribution is 5.77. The molecule has 0 spiro atoms. The number of carbonyl (C=O) groups excluding carboxylic acids is 2. The third-order valence-electron chi connectivity index (χ3n) is 1.95. The molecule has 0 aromatic heterocycles. The molecule has 82 valence electrons. The minimum absolute atomic E-state index is 0.0447. The van der Waals surface area contributed by atoms with Gasteiger partial charge < -0.3 is 10.1 Å². The maximum absolute atomic E-state index is 11.0. The summed E-state index contributed by atoms with van der Waals surface area (Å²) in [5.41, 5.74) is 0. The minimum atomic E-state index is -0.250. The molecule has 0 aromatic rings. The van der Waals surface area contributed by atoms with E-state index in [4.69, 9.17) is 0 Å². The fourth-order valence-corrected chi connectivity index (χ4v) is 0.983. The van der Waals surface area contributed by atoms with E-state index in [1.807, 2.05) is 11.8 Å². The van der Waals surface area contributed by atoms with Crippen LogP contribution < -0.4 is 5.32 Å². The first-order valence-corrected chi connectivity index (χ1v) is 4.63. The van der Waals surface area contributed by atoms with Gasteiger partial charge in [0.2, 0.25) is 5.91 Å². The van der Waals surface area contributed by atoms with Gasteiger partial charge in [-0.05, 0) is 6.54 Å². The summed E-state index contributed by atoms with van der Waals surface area (Å²) in [6, 6.07) is 0. The fraction of sp³-hybridized carbons (Fsp3) is 0.778. The Labute approximate surface area is 84.4 Å². The van der Waals surface area contributed by atoms with E-state index in [-0.39, 0.29) is 11.9 Å². The number of amides is 1. The first-order valence-electron chi connectivity index (χ1n) is 4.63. The van der Waals surface area contributed by atoms with E-state index in [1.54, 1.807) is 7.05 Å². The second kappa shape index (κ2) is 7.32. The van der Waals surface area contributed by atoms with Crippen molar-refractivity contribution in [3.8, 4) is 0 Å². The van der Waals surface area contributed by atoms with E-state index in [9.17, 15) is 9.59 Å². The van der Waals surface area contributed by atoms with Crippen molar-refractivity contribution < 1.29 is 14.3 Å². The van der Waals surface area contributed by atoms with Crippen molar-refractivity contribution in [2.24, 2.45) is 0 Å². The molecule has 5 heteroatoms. The Bertz CT molecular complexity index is 194. The molecule has 5 nitrogen and oxygen atoms in total. The maximum atomic E-state index is 11.0. The van der Waals surface area contributed by atoms with Crippen LogP contribution >= 0.6 is 0 Å². The Morgan fingerprint density at radius 2 is 2.07 bits per heavy atom. The van der Waals surface area contributed by atoms with Gasteiger partial charge in [-0.1, -0.05) is 6.92 Å². The molecule has 1 amide bonds. The van der Waals surface area contributed by atoms with Crippen LogP contribution in [0.25, 0.3) is 0 Å². The zero-order valence-electron chi connectivity index (χ0n) is 9.00. The van der Waals surface area contributed by atoms with Crippen LogP contribution in [0.15, 0.2) is 0 Å². The lowest BCUT2D eigenvalue weighted by atomic mass is 10.3. The smallest absolute Gasteiger partial charge is 0.306 e. The second-order valence-electron chi connectivity index (χ2n) is 2.87. The summed E-state index contributed by atoms with van der Waals surface area (Å²) in [4.78, 5) is 23.7. The lowest BCUT2D eigenvalue weighted by Gasteiger charge is -2.18. The average molecular weight is 202 g/mol. The maximum Gasteiger partial charge on any atom is 0.306 e. The van der Waals surface area contributed by atoms with Gasteiger partial charge in [-0.15, -0.1) is 0 Å². The van der Waals surface area contributed by atoms with Crippen LogP contribution in [-0.2, 0) is 14.3 Å². The molecular formula is C9H18N2O3. The average Bonchev–Trinajstić information content (AvgIpc) is 2.22. The molecule has 0 aliphatic carbocycles. The van der Waals surface area contributed by atoms with Crippen molar-refractivity contribution >= 4 is 11.9 Å². The van der Waals surface area contributed by atoms with Crippen LogP contribution in [0, 0.1) is 0 Å². The molecule has 0 rings (SSSR count). The van der Waals surface area contributed by atoms with Crippen LogP contribution in [-0.4, -0.2) is 50.6 Å². The van der Waals surface area contributed by atoms with E-state index in [2.05, 4.69) is 10.1 Å². The van der Waals surface area contributed by atoms with Gasteiger partial charge >= 0.3 is 5.97 Å². The Morgan fingerprint density at radius 3 is 2.50 bits per heavy atom. The van der Waals surface area contributed by atoms with E-state index in [1.165, 1.54) is 7.11 Å². The summed E-state index contributed by atoms with van der Waals surface area (Å²) < 4.78 is 4.51. The number of methoxy groups -OCH3 is 1. The van der Waals surface area contributed by atoms with Crippen LogP contribution in [0.5, 0.6) is 0 Å². The standard InChI is InChI=1S/C9H18N2O3/c1-4-11(7-8(12)10-2)6-5-9(13)14-3/h4-7H2,1-3H3,(H,10,12). The molecule has 0 saturated carbocycles. The summed E-state index contributed by atoms with van der Waals surface area (Å²) in [5, 5.41) is 2.53. The van der Waals surface area contributed by atoms with Gasteiger partial charge in [-0.3, -0.25) is 14.5 Å².